The van der Waals surface area contributed by atoms with Crippen molar-refractivity contribution in [2.24, 2.45) is 0 Å². The summed E-state index contributed by atoms with van der Waals surface area (Å²) in [6.45, 7) is -0.00759. The molecule has 0 unspecified atom stereocenters. The van der Waals surface area contributed by atoms with Gasteiger partial charge < -0.3 is 9.26 Å². The molecule has 0 bridgehead atoms. The number of aromatic amines is 1. The van der Waals surface area contributed by atoms with Crippen molar-refractivity contribution in [2.45, 2.75) is 6.54 Å². The quantitative estimate of drug-likeness (QED) is 0.630. The Bertz CT molecular complexity index is 542. The van der Waals surface area contributed by atoms with Gasteiger partial charge in [0.1, 0.15) is 12.8 Å². The normalized spacial score (nSPS) is 10.3. The lowest BCUT2D eigenvalue weighted by atomic mass is 10.3. The molecule has 0 atom stereocenters. The second-order valence-corrected chi connectivity index (χ2v) is 3.31. The van der Waals surface area contributed by atoms with E-state index in [0.717, 1.165) is 0 Å². The van der Waals surface area contributed by atoms with Gasteiger partial charge in [-0.15, -0.1) is 0 Å². The highest BCUT2D eigenvalue weighted by molar-refractivity contribution is 7.71. The summed E-state index contributed by atoms with van der Waals surface area (Å²) in [6, 6.07) is 0. The Labute approximate surface area is 95.0 Å². The summed E-state index contributed by atoms with van der Waals surface area (Å²) in [7, 11) is 1.31. The number of H-pyrrole nitrogens is 1. The van der Waals surface area contributed by atoms with Crippen LogP contribution in [0.5, 0.6) is 0 Å². The predicted molar refractivity (Wildman–Crippen MR) is 54.9 cm³/mol. The van der Waals surface area contributed by atoms with Gasteiger partial charge in [-0.25, -0.2) is 0 Å². The highest BCUT2D eigenvalue weighted by Gasteiger charge is 2.13. The number of hydrogen-bond donors (Lipinski definition) is 1. The van der Waals surface area contributed by atoms with Crippen LogP contribution in [0.15, 0.2) is 17.0 Å². The Balaban J connectivity index is 2.41. The molecule has 0 aromatic carbocycles. The average molecular weight is 240 g/mol. The maximum atomic E-state index is 11.2. The van der Waals surface area contributed by atoms with Crippen LogP contribution in [0.4, 0.5) is 0 Å². The number of aromatic nitrogens is 4. The van der Waals surface area contributed by atoms with Gasteiger partial charge in [-0.05, 0) is 12.2 Å². The smallest absolute Gasteiger partial charge is 0.325 e. The SMILES string of the molecule is COC(=O)Cn1c(-c2cnoc2)n[nH]c1=S. The maximum Gasteiger partial charge on any atom is 0.325 e. The lowest BCUT2D eigenvalue weighted by molar-refractivity contribution is -0.141. The Morgan fingerprint density at radius 2 is 2.56 bits per heavy atom. The Morgan fingerprint density at radius 1 is 1.75 bits per heavy atom. The zero-order chi connectivity index (χ0) is 11.5. The minimum Gasteiger partial charge on any atom is -0.468 e. The summed E-state index contributed by atoms with van der Waals surface area (Å²) in [6.07, 6.45) is 2.90. The number of nitrogens with one attached hydrogen (secondary N) is 1. The van der Waals surface area contributed by atoms with Gasteiger partial charge in [0.15, 0.2) is 10.6 Å². The number of nitrogens with zero attached hydrogens (tertiary/aromatic N) is 3. The van der Waals surface area contributed by atoms with Crippen LogP contribution >= 0.6 is 12.2 Å². The molecule has 0 aliphatic carbocycles. The van der Waals surface area contributed by atoms with E-state index in [0.29, 0.717) is 16.2 Å². The van der Waals surface area contributed by atoms with Crippen LogP contribution in [0.3, 0.4) is 0 Å². The van der Waals surface area contributed by atoms with Crippen molar-refractivity contribution in [3.63, 3.8) is 0 Å². The summed E-state index contributed by atoms with van der Waals surface area (Å²) in [5.41, 5.74) is 0.635. The van der Waals surface area contributed by atoms with E-state index in [1.165, 1.54) is 24.1 Å². The standard InChI is InChI=1S/C8H8N4O3S/c1-14-6(13)3-12-7(10-11-8(12)16)5-2-9-15-4-5/h2,4H,3H2,1H3,(H,11,16). The van der Waals surface area contributed by atoms with E-state index in [1.807, 2.05) is 0 Å². The van der Waals surface area contributed by atoms with Crippen molar-refractivity contribution >= 4 is 18.2 Å². The summed E-state index contributed by atoms with van der Waals surface area (Å²) in [5.74, 6) is 0.0758. The Hall–Kier alpha value is -1.96. The molecule has 7 nitrogen and oxygen atoms in total. The summed E-state index contributed by atoms with van der Waals surface area (Å²) in [5, 5.41) is 10.1. The first kappa shape index (κ1) is 10.6. The van der Waals surface area contributed by atoms with E-state index in [-0.39, 0.29) is 6.54 Å². The topological polar surface area (TPSA) is 85.9 Å². The molecule has 0 saturated carbocycles. The van der Waals surface area contributed by atoms with Crippen molar-refractivity contribution in [2.75, 3.05) is 7.11 Å². The fourth-order valence-electron chi connectivity index (χ4n) is 1.19. The number of carbonyl (C=O) groups excluding carboxylic acids is 1. The second kappa shape index (κ2) is 4.27. The van der Waals surface area contributed by atoms with Gasteiger partial charge in [-0.1, -0.05) is 5.16 Å². The fraction of sp³-hybridized carbons (Fsp3) is 0.250. The van der Waals surface area contributed by atoms with Crippen LogP contribution in [0.1, 0.15) is 0 Å². The zero-order valence-electron chi connectivity index (χ0n) is 8.34. The van der Waals surface area contributed by atoms with E-state index < -0.39 is 5.97 Å². The molecule has 1 N–H and O–H groups in total. The minimum atomic E-state index is -0.407. The van der Waals surface area contributed by atoms with Gasteiger partial charge in [0.25, 0.3) is 0 Å². The summed E-state index contributed by atoms with van der Waals surface area (Å²) in [4.78, 5) is 11.2. The third-order valence-corrected chi connectivity index (χ3v) is 2.28. The highest BCUT2D eigenvalue weighted by atomic mass is 32.1. The molecule has 84 valence electrons. The minimum absolute atomic E-state index is 0.00759. The van der Waals surface area contributed by atoms with Crippen molar-refractivity contribution in [1.82, 2.24) is 19.9 Å². The lowest BCUT2D eigenvalue weighted by Crippen LogP contribution is -2.12. The molecule has 0 spiro atoms. The van der Waals surface area contributed by atoms with Crippen LogP contribution in [0.25, 0.3) is 11.4 Å². The van der Waals surface area contributed by atoms with E-state index in [1.54, 1.807) is 0 Å². The van der Waals surface area contributed by atoms with Gasteiger partial charge in [0, 0.05) is 0 Å². The Kier molecular flexibility index (Phi) is 2.82. The maximum absolute atomic E-state index is 11.2. The third-order valence-electron chi connectivity index (χ3n) is 1.96. The van der Waals surface area contributed by atoms with Crippen LogP contribution in [0.2, 0.25) is 0 Å². The Morgan fingerprint density at radius 3 is 3.19 bits per heavy atom. The van der Waals surface area contributed by atoms with Crippen molar-refractivity contribution < 1.29 is 14.1 Å². The lowest BCUT2D eigenvalue weighted by Gasteiger charge is -2.02. The van der Waals surface area contributed by atoms with Crippen molar-refractivity contribution in [1.29, 1.82) is 0 Å². The molecule has 2 aromatic rings. The van der Waals surface area contributed by atoms with E-state index in [9.17, 15) is 4.79 Å². The molecule has 0 amide bonds. The number of carbonyl (C=O) groups is 1. The van der Waals surface area contributed by atoms with Crippen LogP contribution in [-0.4, -0.2) is 33.0 Å². The third kappa shape index (κ3) is 1.87. The molecule has 0 saturated heterocycles. The number of rotatable bonds is 3. The molecule has 0 aliphatic rings. The van der Waals surface area contributed by atoms with Crippen LogP contribution in [-0.2, 0) is 16.1 Å². The fourth-order valence-corrected chi connectivity index (χ4v) is 1.39. The van der Waals surface area contributed by atoms with Gasteiger partial charge in [-0.3, -0.25) is 14.5 Å². The number of ether oxygens (including phenoxy) is 1. The van der Waals surface area contributed by atoms with E-state index in [2.05, 4.69) is 20.1 Å². The second-order valence-electron chi connectivity index (χ2n) is 2.93. The van der Waals surface area contributed by atoms with Crippen LogP contribution in [0, 0.1) is 4.77 Å². The van der Waals surface area contributed by atoms with E-state index in [4.69, 9.17) is 16.7 Å². The first-order valence-electron chi connectivity index (χ1n) is 4.34. The molecule has 2 aromatic heterocycles. The largest absolute Gasteiger partial charge is 0.468 e. The highest BCUT2D eigenvalue weighted by Crippen LogP contribution is 2.15. The number of esters is 1. The van der Waals surface area contributed by atoms with Gasteiger partial charge in [0.05, 0.1) is 18.9 Å². The molecule has 0 aliphatic heterocycles. The summed E-state index contributed by atoms with van der Waals surface area (Å²) < 4.78 is 11.1. The first-order valence-corrected chi connectivity index (χ1v) is 4.75. The average Bonchev–Trinajstić information content (AvgIpc) is 2.89. The number of methoxy groups -OCH3 is 1. The van der Waals surface area contributed by atoms with Gasteiger partial charge in [0.2, 0.25) is 0 Å². The first-order chi connectivity index (χ1) is 7.72. The predicted octanol–water partition coefficient (Wildman–Crippen LogP) is 0.769. The molecule has 2 heterocycles. The summed E-state index contributed by atoms with van der Waals surface area (Å²) >= 11 is 5.00. The molecule has 0 radical (unpaired) electrons. The zero-order valence-corrected chi connectivity index (χ0v) is 9.15. The molecule has 2 rings (SSSR count). The molecular formula is C8H8N4O3S. The van der Waals surface area contributed by atoms with E-state index >= 15 is 0 Å². The monoisotopic (exact) mass is 240 g/mol. The van der Waals surface area contributed by atoms with Gasteiger partial charge in [-0.2, -0.15) is 5.10 Å². The van der Waals surface area contributed by atoms with Crippen LogP contribution < -0.4 is 0 Å². The molecular weight excluding hydrogens is 232 g/mol. The number of hydrogen-bond acceptors (Lipinski definition) is 6. The molecule has 0 fully saturated rings. The van der Waals surface area contributed by atoms with Gasteiger partial charge >= 0.3 is 5.97 Å². The van der Waals surface area contributed by atoms with Crippen molar-refractivity contribution in [3.05, 3.63) is 17.2 Å². The van der Waals surface area contributed by atoms with Crippen molar-refractivity contribution in [3.8, 4) is 11.4 Å². The molecule has 8 heteroatoms. The molecule has 16 heavy (non-hydrogen) atoms.